The van der Waals surface area contributed by atoms with Crippen LogP contribution in [0.15, 0.2) is 29.3 Å². The van der Waals surface area contributed by atoms with Gasteiger partial charge in [0.25, 0.3) is 0 Å². The minimum atomic E-state index is -4.20. The van der Waals surface area contributed by atoms with Crippen molar-refractivity contribution in [1.29, 1.82) is 0 Å². The number of benzene rings is 1. The molecule has 0 fully saturated rings. The van der Waals surface area contributed by atoms with E-state index < -0.39 is 33.5 Å². The SMILES string of the molecule is COC(=O)C(O)C(C)(C)NS(=O)(=O)c1c[nH]c2cccc(F)c12. The number of carbonyl (C=O) groups excluding carboxylic acids is 1. The van der Waals surface area contributed by atoms with E-state index in [0.29, 0.717) is 5.52 Å². The Morgan fingerprint density at radius 3 is 2.70 bits per heavy atom. The molecule has 0 saturated carbocycles. The molecule has 126 valence electrons. The van der Waals surface area contributed by atoms with Gasteiger partial charge in [0.1, 0.15) is 10.7 Å². The van der Waals surface area contributed by atoms with Crippen molar-refractivity contribution in [3.05, 3.63) is 30.2 Å². The van der Waals surface area contributed by atoms with Crippen molar-refractivity contribution in [2.24, 2.45) is 0 Å². The predicted molar refractivity (Wildman–Crippen MR) is 80.7 cm³/mol. The van der Waals surface area contributed by atoms with Gasteiger partial charge in [0.05, 0.1) is 18.0 Å². The molecular formula is C14H17FN2O5S. The summed E-state index contributed by atoms with van der Waals surface area (Å²) in [4.78, 5) is 13.8. The van der Waals surface area contributed by atoms with Crippen molar-refractivity contribution in [1.82, 2.24) is 9.71 Å². The average molecular weight is 344 g/mol. The molecule has 0 spiro atoms. The molecule has 3 N–H and O–H groups in total. The fourth-order valence-corrected chi connectivity index (χ4v) is 3.79. The molecule has 23 heavy (non-hydrogen) atoms. The third-order valence-electron chi connectivity index (χ3n) is 3.41. The zero-order valence-electron chi connectivity index (χ0n) is 12.8. The van der Waals surface area contributed by atoms with Crippen LogP contribution < -0.4 is 4.72 Å². The lowest BCUT2D eigenvalue weighted by Crippen LogP contribution is -2.55. The van der Waals surface area contributed by atoms with Crippen LogP contribution in [0.25, 0.3) is 10.9 Å². The van der Waals surface area contributed by atoms with Gasteiger partial charge in [0.15, 0.2) is 6.10 Å². The molecule has 0 bridgehead atoms. The first-order valence-electron chi connectivity index (χ1n) is 6.65. The summed E-state index contributed by atoms with van der Waals surface area (Å²) in [5.74, 6) is -1.68. The van der Waals surface area contributed by atoms with E-state index in [1.165, 1.54) is 26.0 Å². The number of esters is 1. The van der Waals surface area contributed by atoms with Crippen molar-refractivity contribution in [2.45, 2.75) is 30.4 Å². The normalized spacial score (nSPS) is 14.0. The van der Waals surface area contributed by atoms with Crippen LogP contribution in [0.5, 0.6) is 0 Å². The van der Waals surface area contributed by atoms with Crippen LogP contribution in [0.3, 0.4) is 0 Å². The summed E-state index contributed by atoms with van der Waals surface area (Å²) in [5, 5.41) is 9.80. The number of methoxy groups -OCH3 is 1. The lowest BCUT2D eigenvalue weighted by Gasteiger charge is -2.29. The number of aliphatic hydroxyl groups is 1. The van der Waals surface area contributed by atoms with Crippen LogP contribution in [0.1, 0.15) is 13.8 Å². The first-order chi connectivity index (χ1) is 10.6. The van der Waals surface area contributed by atoms with E-state index in [1.807, 2.05) is 0 Å². The minimum absolute atomic E-state index is 0.0941. The summed E-state index contributed by atoms with van der Waals surface area (Å²) in [6, 6.07) is 4.12. The van der Waals surface area contributed by atoms with E-state index in [0.717, 1.165) is 19.4 Å². The Morgan fingerprint density at radius 2 is 2.09 bits per heavy atom. The third-order valence-corrected chi connectivity index (χ3v) is 5.11. The molecule has 9 heteroatoms. The van der Waals surface area contributed by atoms with Gasteiger partial charge in [-0.3, -0.25) is 0 Å². The molecule has 0 saturated heterocycles. The van der Waals surface area contributed by atoms with Crippen LogP contribution >= 0.6 is 0 Å². The Hall–Kier alpha value is -1.97. The van der Waals surface area contributed by atoms with Gasteiger partial charge >= 0.3 is 5.97 Å². The van der Waals surface area contributed by atoms with Crippen molar-refractivity contribution in [2.75, 3.05) is 7.11 Å². The number of aromatic nitrogens is 1. The lowest BCUT2D eigenvalue weighted by molar-refractivity contribution is -0.153. The zero-order chi connectivity index (χ0) is 17.4. The van der Waals surface area contributed by atoms with Gasteiger partial charge in [-0.2, -0.15) is 0 Å². The quantitative estimate of drug-likeness (QED) is 0.698. The number of halogens is 1. The Morgan fingerprint density at radius 1 is 1.43 bits per heavy atom. The van der Waals surface area contributed by atoms with Crippen LogP contribution in [-0.4, -0.2) is 43.2 Å². The molecule has 1 atom stereocenters. The topological polar surface area (TPSA) is 108 Å². The fourth-order valence-electron chi connectivity index (χ4n) is 2.19. The first kappa shape index (κ1) is 17.4. The molecule has 2 aromatic rings. The molecule has 7 nitrogen and oxygen atoms in total. The van der Waals surface area contributed by atoms with Crippen molar-refractivity contribution < 1.29 is 27.4 Å². The van der Waals surface area contributed by atoms with Crippen LogP contribution in [0.2, 0.25) is 0 Å². The maximum atomic E-state index is 13.9. The van der Waals surface area contributed by atoms with Gasteiger partial charge in [-0.05, 0) is 26.0 Å². The molecular weight excluding hydrogens is 327 g/mol. The molecule has 0 aliphatic heterocycles. The minimum Gasteiger partial charge on any atom is -0.467 e. The molecule has 0 aliphatic rings. The summed E-state index contributed by atoms with van der Waals surface area (Å²) in [7, 11) is -3.12. The fraction of sp³-hybridized carbons (Fsp3) is 0.357. The number of hydrogen-bond donors (Lipinski definition) is 3. The zero-order valence-corrected chi connectivity index (χ0v) is 13.6. The number of aliphatic hydroxyl groups excluding tert-OH is 1. The van der Waals surface area contributed by atoms with Crippen LogP contribution in [-0.2, 0) is 19.6 Å². The van der Waals surface area contributed by atoms with E-state index in [9.17, 15) is 22.7 Å². The van der Waals surface area contributed by atoms with E-state index in [-0.39, 0.29) is 10.3 Å². The van der Waals surface area contributed by atoms with Crippen LogP contribution in [0.4, 0.5) is 4.39 Å². The molecule has 1 aromatic carbocycles. The highest BCUT2D eigenvalue weighted by Crippen LogP contribution is 2.26. The Kier molecular flexibility index (Phi) is 4.47. The highest BCUT2D eigenvalue weighted by molar-refractivity contribution is 7.89. The predicted octanol–water partition coefficient (Wildman–Crippen LogP) is 0.898. The molecule has 0 amide bonds. The lowest BCUT2D eigenvalue weighted by atomic mass is 9.99. The second kappa shape index (κ2) is 5.91. The summed E-state index contributed by atoms with van der Waals surface area (Å²) in [6.07, 6.45) is -0.575. The number of nitrogens with one attached hydrogen (secondary N) is 2. The molecule has 2 rings (SSSR count). The van der Waals surface area contributed by atoms with Gasteiger partial charge in [-0.1, -0.05) is 6.07 Å². The number of sulfonamides is 1. The largest absolute Gasteiger partial charge is 0.467 e. The van der Waals surface area contributed by atoms with Crippen molar-refractivity contribution in [3.8, 4) is 0 Å². The highest BCUT2D eigenvalue weighted by Gasteiger charge is 2.39. The summed E-state index contributed by atoms with van der Waals surface area (Å²) < 4.78 is 45.6. The average Bonchev–Trinajstić information content (AvgIpc) is 2.91. The standard InChI is InChI=1S/C14H17FN2O5S/c1-14(2,12(18)13(19)22-3)17-23(20,21)10-7-16-9-6-4-5-8(15)11(9)10/h4-7,12,16-18H,1-3H3. The summed E-state index contributed by atoms with van der Waals surface area (Å²) in [5.41, 5.74) is -1.24. The second-order valence-corrected chi connectivity index (χ2v) is 7.22. The van der Waals surface area contributed by atoms with E-state index >= 15 is 0 Å². The van der Waals surface area contributed by atoms with Crippen molar-refractivity contribution >= 4 is 26.9 Å². The Bertz CT molecular complexity index is 844. The Balaban J connectivity index is 2.44. The van der Waals surface area contributed by atoms with E-state index in [1.54, 1.807) is 0 Å². The molecule has 0 aliphatic carbocycles. The molecule has 1 unspecified atom stereocenters. The maximum absolute atomic E-state index is 13.9. The maximum Gasteiger partial charge on any atom is 0.336 e. The van der Waals surface area contributed by atoms with E-state index in [4.69, 9.17) is 0 Å². The van der Waals surface area contributed by atoms with Crippen molar-refractivity contribution in [3.63, 3.8) is 0 Å². The smallest absolute Gasteiger partial charge is 0.336 e. The number of rotatable bonds is 5. The number of fused-ring (bicyclic) bond motifs is 1. The van der Waals surface area contributed by atoms with Gasteiger partial charge < -0.3 is 14.8 Å². The van der Waals surface area contributed by atoms with E-state index in [2.05, 4.69) is 14.4 Å². The Labute approximate surface area is 132 Å². The number of hydrogen-bond acceptors (Lipinski definition) is 5. The molecule has 0 radical (unpaired) electrons. The summed E-state index contributed by atoms with van der Waals surface area (Å²) >= 11 is 0. The van der Waals surface area contributed by atoms with Gasteiger partial charge in [-0.25, -0.2) is 22.3 Å². The first-order valence-corrected chi connectivity index (χ1v) is 8.14. The monoisotopic (exact) mass is 344 g/mol. The molecule has 1 heterocycles. The van der Waals surface area contributed by atoms with Gasteiger partial charge in [0.2, 0.25) is 10.0 Å². The number of carbonyl (C=O) groups is 1. The highest BCUT2D eigenvalue weighted by atomic mass is 32.2. The summed E-state index contributed by atoms with van der Waals surface area (Å²) in [6.45, 7) is 2.63. The number of ether oxygens (including phenoxy) is 1. The van der Waals surface area contributed by atoms with Gasteiger partial charge in [-0.15, -0.1) is 0 Å². The second-order valence-electron chi connectivity index (χ2n) is 5.57. The third kappa shape index (κ3) is 3.21. The number of H-pyrrole nitrogens is 1. The van der Waals surface area contributed by atoms with Crippen LogP contribution in [0, 0.1) is 5.82 Å². The van der Waals surface area contributed by atoms with Gasteiger partial charge in [0, 0.05) is 11.7 Å². The number of aromatic amines is 1. The molecule has 1 aromatic heterocycles.